The summed E-state index contributed by atoms with van der Waals surface area (Å²) in [5.74, 6) is -2.33. The number of hydrogen-bond donors (Lipinski definition) is 0. The fourth-order valence-electron chi connectivity index (χ4n) is 2.84. The van der Waals surface area contributed by atoms with Gasteiger partial charge in [-0.3, -0.25) is 9.59 Å². The number of carbonyl (C=O) groups is 1. The summed E-state index contributed by atoms with van der Waals surface area (Å²) >= 11 is 0. The van der Waals surface area contributed by atoms with Gasteiger partial charge < -0.3 is 9.47 Å². The third kappa shape index (κ3) is 5.57. The Hall–Kier alpha value is -3.39. The van der Waals surface area contributed by atoms with Crippen LogP contribution in [-0.4, -0.2) is 36.1 Å². The van der Waals surface area contributed by atoms with Crippen molar-refractivity contribution >= 4 is 5.97 Å². The summed E-state index contributed by atoms with van der Waals surface area (Å²) in [5, 5.41) is 4.26. The zero-order valence-electron chi connectivity index (χ0n) is 16.3. The van der Waals surface area contributed by atoms with Crippen LogP contribution in [0, 0.1) is 11.6 Å². The monoisotopic (exact) mass is 414 g/mol. The molecule has 0 unspecified atom stereocenters. The number of halogens is 2. The van der Waals surface area contributed by atoms with Gasteiger partial charge in [-0.1, -0.05) is 24.3 Å². The van der Waals surface area contributed by atoms with E-state index in [0.717, 1.165) is 23.3 Å². The second kappa shape index (κ2) is 9.89. The predicted octanol–water partition coefficient (Wildman–Crippen LogP) is 2.83. The van der Waals surface area contributed by atoms with Gasteiger partial charge in [0.05, 0.1) is 18.7 Å². The Bertz CT molecular complexity index is 1100. The van der Waals surface area contributed by atoms with Gasteiger partial charge in [-0.05, 0) is 23.3 Å². The maximum absolute atomic E-state index is 13.5. The Kier molecular flexibility index (Phi) is 7.03. The van der Waals surface area contributed by atoms with Crippen molar-refractivity contribution in [2.24, 2.45) is 0 Å². The van der Waals surface area contributed by atoms with Crippen molar-refractivity contribution in [1.82, 2.24) is 9.78 Å². The number of benzene rings is 2. The number of hydrogen-bond acceptors (Lipinski definition) is 5. The number of aromatic nitrogens is 2. The van der Waals surface area contributed by atoms with Gasteiger partial charge in [-0.15, -0.1) is 0 Å². The second-order valence-corrected chi connectivity index (χ2v) is 6.56. The molecule has 0 amide bonds. The van der Waals surface area contributed by atoms with Crippen LogP contribution in [0.1, 0.15) is 16.8 Å². The Morgan fingerprint density at radius 2 is 1.83 bits per heavy atom. The van der Waals surface area contributed by atoms with E-state index in [-0.39, 0.29) is 36.5 Å². The minimum atomic E-state index is -1.00. The molecule has 0 saturated carbocycles. The molecule has 6 nitrogen and oxygen atoms in total. The first-order chi connectivity index (χ1) is 14.5. The van der Waals surface area contributed by atoms with Crippen molar-refractivity contribution in [2.75, 3.05) is 20.3 Å². The molecule has 2 aromatic carbocycles. The standard InChI is InChI=1S/C22H20F2N2O4/c1-29-9-10-30-22(28)13-16-4-2-3-15(11-16)12-20-21(27)7-8-26(25-20)17-5-6-18(23)19(24)14-17/h2-8,11,14H,9-10,12-13H2,1H3. The van der Waals surface area contributed by atoms with E-state index in [1.807, 2.05) is 6.07 Å². The van der Waals surface area contributed by atoms with Gasteiger partial charge in [0.2, 0.25) is 5.43 Å². The molecule has 0 spiro atoms. The number of ether oxygens (including phenoxy) is 2. The van der Waals surface area contributed by atoms with Crippen molar-refractivity contribution in [2.45, 2.75) is 12.8 Å². The molecule has 30 heavy (non-hydrogen) atoms. The minimum Gasteiger partial charge on any atom is -0.463 e. The molecular formula is C22H20F2N2O4. The first-order valence-corrected chi connectivity index (χ1v) is 9.23. The topological polar surface area (TPSA) is 70.4 Å². The summed E-state index contributed by atoms with van der Waals surface area (Å²) in [6.07, 6.45) is 1.71. The lowest BCUT2D eigenvalue weighted by molar-refractivity contribution is -0.144. The predicted molar refractivity (Wildman–Crippen MR) is 106 cm³/mol. The summed E-state index contributed by atoms with van der Waals surface area (Å²) in [7, 11) is 1.52. The molecule has 0 aliphatic heterocycles. The van der Waals surface area contributed by atoms with Gasteiger partial charge in [-0.25, -0.2) is 13.5 Å². The molecule has 0 aliphatic rings. The summed E-state index contributed by atoms with van der Waals surface area (Å²) in [6, 6.07) is 11.9. The third-order valence-electron chi connectivity index (χ3n) is 4.31. The largest absolute Gasteiger partial charge is 0.463 e. The molecule has 0 aliphatic carbocycles. The van der Waals surface area contributed by atoms with Gasteiger partial charge in [0.15, 0.2) is 11.6 Å². The molecule has 156 valence electrons. The molecular weight excluding hydrogens is 394 g/mol. The number of esters is 1. The van der Waals surface area contributed by atoms with E-state index in [0.29, 0.717) is 12.3 Å². The molecule has 0 atom stereocenters. The fourth-order valence-corrected chi connectivity index (χ4v) is 2.84. The molecule has 1 aromatic heterocycles. The van der Waals surface area contributed by atoms with Crippen LogP contribution in [0.25, 0.3) is 5.69 Å². The van der Waals surface area contributed by atoms with Crippen LogP contribution in [0.5, 0.6) is 0 Å². The zero-order valence-corrected chi connectivity index (χ0v) is 16.3. The Labute approximate surface area is 171 Å². The highest BCUT2D eigenvalue weighted by atomic mass is 19.2. The number of methoxy groups -OCH3 is 1. The highest BCUT2D eigenvalue weighted by molar-refractivity contribution is 5.72. The van der Waals surface area contributed by atoms with E-state index in [2.05, 4.69) is 5.10 Å². The Balaban J connectivity index is 1.77. The maximum atomic E-state index is 13.5. The van der Waals surface area contributed by atoms with Crippen molar-refractivity contribution in [3.63, 3.8) is 0 Å². The van der Waals surface area contributed by atoms with E-state index in [9.17, 15) is 18.4 Å². The molecule has 0 N–H and O–H groups in total. The van der Waals surface area contributed by atoms with Crippen LogP contribution >= 0.6 is 0 Å². The molecule has 8 heteroatoms. The average molecular weight is 414 g/mol. The SMILES string of the molecule is COCCOC(=O)Cc1cccc(Cc2nn(-c3ccc(F)c(F)c3)ccc2=O)c1. The van der Waals surface area contributed by atoms with Gasteiger partial charge in [0.1, 0.15) is 12.3 Å². The normalized spacial score (nSPS) is 10.8. The molecule has 0 radical (unpaired) electrons. The Morgan fingerprint density at radius 3 is 2.60 bits per heavy atom. The van der Waals surface area contributed by atoms with Crippen LogP contribution in [0.15, 0.2) is 59.5 Å². The molecule has 3 aromatic rings. The van der Waals surface area contributed by atoms with Crippen molar-refractivity contribution in [3.05, 3.63) is 93.4 Å². The summed E-state index contributed by atoms with van der Waals surface area (Å²) in [6.45, 7) is 0.516. The third-order valence-corrected chi connectivity index (χ3v) is 4.31. The minimum absolute atomic E-state index is 0.0961. The van der Waals surface area contributed by atoms with E-state index in [1.54, 1.807) is 18.2 Å². The Morgan fingerprint density at radius 1 is 1.03 bits per heavy atom. The second-order valence-electron chi connectivity index (χ2n) is 6.56. The average Bonchev–Trinajstić information content (AvgIpc) is 2.72. The van der Waals surface area contributed by atoms with E-state index in [4.69, 9.17) is 9.47 Å². The molecule has 0 bridgehead atoms. The van der Waals surface area contributed by atoms with Gasteiger partial charge in [0.25, 0.3) is 0 Å². The molecule has 0 fully saturated rings. The van der Waals surface area contributed by atoms with Crippen LogP contribution < -0.4 is 5.43 Å². The summed E-state index contributed by atoms with van der Waals surface area (Å²) in [4.78, 5) is 24.1. The molecule has 3 rings (SSSR count). The van der Waals surface area contributed by atoms with E-state index >= 15 is 0 Å². The van der Waals surface area contributed by atoms with Crippen molar-refractivity contribution in [1.29, 1.82) is 0 Å². The summed E-state index contributed by atoms with van der Waals surface area (Å²) < 4.78 is 37.9. The van der Waals surface area contributed by atoms with Crippen molar-refractivity contribution < 1.29 is 23.0 Å². The number of rotatable bonds is 8. The molecule has 0 saturated heterocycles. The first-order valence-electron chi connectivity index (χ1n) is 9.23. The van der Waals surface area contributed by atoms with Crippen LogP contribution in [0.2, 0.25) is 0 Å². The van der Waals surface area contributed by atoms with E-state index in [1.165, 1.54) is 30.1 Å². The van der Waals surface area contributed by atoms with Crippen LogP contribution in [0.3, 0.4) is 0 Å². The maximum Gasteiger partial charge on any atom is 0.310 e. The highest BCUT2D eigenvalue weighted by Crippen LogP contribution is 2.13. The fraction of sp³-hybridized carbons (Fsp3) is 0.227. The van der Waals surface area contributed by atoms with Gasteiger partial charge >= 0.3 is 5.97 Å². The zero-order chi connectivity index (χ0) is 21.5. The number of nitrogens with zero attached hydrogens (tertiary/aromatic N) is 2. The van der Waals surface area contributed by atoms with Crippen molar-refractivity contribution in [3.8, 4) is 5.69 Å². The highest BCUT2D eigenvalue weighted by Gasteiger charge is 2.10. The van der Waals surface area contributed by atoms with Gasteiger partial charge in [-0.2, -0.15) is 5.10 Å². The lowest BCUT2D eigenvalue weighted by atomic mass is 10.0. The van der Waals surface area contributed by atoms with E-state index < -0.39 is 11.6 Å². The van der Waals surface area contributed by atoms with Crippen LogP contribution in [-0.2, 0) is 27.1 Å². The molecule has 1 heterocycles. The van der Waals surface area contributed by atoms with Gasteiger partial charge in [0, 0.05) is 31.9 Å². The summed E-state index contributed by atoms with van der Waals surface area (Å²) in [5.41, 5.74) is 1.78. The van der Waals surface area contributed by atoms with Crippen LogP contribution in [0.4, 0.5) is 8.78 Å². The smallest absolute Gasteiger partial charge is 0.310 e. The number of carbonyl (C=O) groups excluding carboxylic acids is 1. The first kappa shape index (κ1) is 21.3. The lowest BCUT2D eigenvalue weighted by Gasteiger charge is -2.09. The lowest BCUT2D eigenvalue weighted by Crippen LogP contribution is -2.16. The quantitative estimate of drug-likeness (QED) is 0.419.